The SMILES string of the molecule is N#CCN1CCc2cc(N)ccc2C1. The molecule has 0 saturated heterocycles. The number of benzene rings is 1. The van der Waals surface area contributed by atoms with E-state index >= 15 is 0 Å². The highest BCUT2D eigenvalue weighted by atomic mass is 15.1. The van der Waals surface area contributed by atoms with Crippen molar-refractivity contribution in [1.29, 1.82) is 5.26 Å². The molecule has 0 amide bonds. The van der Waals surface area contributed by atoms with Crippen molar-refractivity contribution in [2.75, 3.05) is 18.8 Å². The summed E-state index contributed by atoms with van der Waals surface area (Å²) in [5.41, 5.74) is 9.18. The molecule has 0 atom stereocenters. The zero-order valence-corrected chi connectivity index (χ0v) is 8.03. The van der Waals surface area contributed by atoms with Crippen LogP contribution in [0.15, 0.2) is 18.2 Å². The molecule has 0 radical (unpaired) electrons. The smallest absolute Gasteiger partial charge is 0.0868 e. The Hall–Kier alpha value is -1.53. The van der Waals surface area contributed by atoms with Crippen LogP contribution in [0.25, 0.3) is 0 Å². The molecule has 1 aromatic rings. The molecule has 1 aromatic carbocycles. The van der Waals surface area contributed by atoms with Crippen molar-refractivity contribution in [3.63, 3.8) is 0 Å². The lowest BCUT2D eigenvalue weighted by Crippen LogP contribution is -2.30. The molecule has 1 aliphatic heterocycles. The van der Waals surface area contributed by atoms with Crippen LogP contribution >= 0.6 is 0 Å². The average molecular weight is 187 g/mol. The van der Waals surface area contributed by atoms with Gasteiger partial charge < -0.3 is 5.73 Å². The Labute approximate surface area is 83.7 Å². The van der Waals surface area contributed by atoms with E-state index in [1.807, 2.05) is 12.1 Å². The molecule has 0 unspecified atom stereocenters. The van der Waals surface area contributed by atoms with Gasteiger partial charge in [0.25, 0.3) is 0 Å². The molecule has 3 heteroatoms. The van der Waals surface area contributed by atoms with Crippen LogP contribution in [-0.2, 0) is 13.0 Å². The van der Waals surface area contributed by atoms with Crippen LogP contribution in [0.1, 0.15) is 11.1 Å². The Morgan fingerprint density at radius 3 is 3.07 bits per heavy atom. The summed E-state index contributed by atoms with van der Waals surface area (Å²) in [6.45, 7) is 2.36. The number of rotatable bonds is 1. The summed E-state index contributed by atoms with van der Waals surface area (Å²) in [4.78, 5) is 2.15. The summed E-state index contributed by atoms with van der Waals surface area (Å²) in [7, 11) is 0. The van der Waals surface area contributed by atoms with Crippen molar-refractivity contribution in [1.82, 2.24) is 4.90 Å². The van der Waals surface area contributed by atoms with Crippen LogP contribution < -0.4 is 5.73 Å². The molecule has 0 saturated carbocycles. The lowest BCUT2D eigenvalue weighted by Gasteiger charge is -2.26. The number of fused-ring (bicyclic) bond motifs is 1. The van der Waals surface area contributed by atoms with Gasteiger partial charge in [-0.15, -0.1) is 0 Å². The number of hydrogen-bond acceptors (Lipinski definition) is 3. The maximum atomic E-state index is 8.60. The molecule has 0 aromatic heterocycles. The summed E-state index contributed by atoms with van der Waals surface area (Å²) >= 11 is 0. The van der Waals surface area contributed by atoms with E-state index in [-0.39, 0.29) is 0 Å². The van der Waals surface area contributed by atoms with Crippen LogP contribution in [-0.4, -0.2) is 18.0 Å². The maximum absolute atomic E-state index is 8.60. The van der Waals surface area contributed by atoms with Gasteiger partial charge in [-0.05, 0) is 29.7 Å². The van der Waals surface area contributed by atoms with Gasteiger partial charge in [0.05, 0.1) is 12.6 Å². The Kier molecular flexibility index (Phi) is 2.38. The number of nitrogens with zero attached hydrogens (tertiary/aromatic N) is 2. The molecule has 3 nitrogen and oxygen atoms in total. The molecule has 1 heterocycles. The van der Waals surface area contributed by atoms with E-state index in [1.54, 1.807) is 0 Å². The molecule has 72 valence electrons. The van der Waals surface area contributed by atoms with Crippen LogP contribution in [0.5, 0.6) is 0 Å². The van der Waals surface area contributed by atoms with Crippen molar-refractivity contribution in [3.05, 3.63) is 29.3 Å². The molecule has 0 fully saturated rings. The fraction of sp³-hybridized carbons (Fsp3) is 0.364. The normalized spacial score (nSPS) is 15.9. The minimum Gasteiger partial charge on any atom is -0.399 e. The van der Waals surface area contributed by atoms with Crippen molar-refractivity contribution in [2.24, 2.45) is 0 Å². The summed E-state index contributed by atoms with van der Waals surface area (Å²) in [6.07, 6.45) is 1.00. The van der Waals surface area contributed by atoms with Gasteiger partial charge in [-0.1, -0.05) is 6.07 Å². The van der Waals surface area contributed by atoms with Gasteiger partial charge in [0.1, 0.15) is 0 Å². The van der Waals surface area contributed by atoms with Gasteiger partial charge in [-0.25, -0.2) is 0 Å². The first-order valence-electron chi connectivity index (χ1n) is 4.76. The first-order chi connectivity index (χ1) is 6.79. The summed E-state index contributed by atoms with van der Waals surface area (Å²) < 4.78 is 0. The third-order valence-corrected chi connectivity index (χ3v) is 2.62. The van der Waals surface area contributed by atoms with Gasteiger partial charge in [-0.2, -0.15) is 5.26 Å². The van der Waals surface area contributed by atoms with E-state index in [0.29, 0.717) is 6.54 Å². The molecule has 2 rings (SSSR count). The van der Waals surface area contributed by atoms with Crippen LogP contribution in [0.4, 0.5) is 5.69 Å². The standard InChI is InChI=1S/C11H13N3/c12-4-6-14-5-3-9-7-11(13)2-1-10(9)8-14/h1-2,7H,3,5-6,8,13H2. The minimum atomic E-state index is 0.518. The number of hydrogen-bond donors (Lipinski definition) is 1. The van der Waals surface area contributed by atoms with Crippen LogP contribution in [0, 0.1) is 11.3 Å². The van der Waals surface area contributed by atoms with Gasteiger partial charge >= 0.3 is 0 Å². The molecule has 0 aliphatic carbocycles. The Morgan fingerprint density at radius 2 is 2.29 bits per heavy atom. The lowest BCUT2D eigenvalue weighted by molar-refractivity contribution is 0.285. The summed E-state index contributed by atoms with van der Waals surface area (Å²) in [5, 5.41) is 8.60. The van der Waals surface area contributed by atoms with E-state index < -0.39 is 0 Å². The second kappa shape index (κ2) is 3.69. The molecule has 0 bridgehead atoms. The third-order valence-electron chi connectivity index (χ3n) is 2.62. The maximum Gasteiger partial charge on any atom is 0.0868 e. The molecular formula is C11H13N3. The number of anilines is 1. The highest BCUT2D eigenvalue weighted by Crippen LogP contribution is 2.20. The highest BCUT2D eigenvalue weighted by molar-refractivity contribution is 5.45. The Bertz CT molecular complexity index is 379. The fourth-order valence-electron chi connectivity index (χ4n) is 1.87. The zero-order chi connectivity index (χ0) is 9.97. The Balaban J connectivity index is 2.20. The topological polar surface area (TPSA) is 53.0 Å². The van der Waals surface area contributed by atoms with E-state index in [0.717, 1.165) is 25.2 Å². The third kappa shape index (κ3) is 1.70. The monoisotopic (exact) mass is 187 g/mol. The van der Waals surface area contributed by atoms with E-state index in [4.69, 9.17) is 11.0 Å². The highest BCUT2D eigenvalue weighted by Gasteiger charge is 2.15. The van der Waals surface area contributed by atoms with E-state index in [1.165, 1.54) is 11.1 Å². The average Bonchev–Trinajstić information content (AvgIpc) is 2.19. The first kappa shape index (κ1) is 9.04. The van der Waals surface area contributed by atoms with Crippen molar-refractivity contribution in [3.8, 4) is 6.07 Å². The lowest BCUT2D eigenvalue weighted by atomic mass is 9.99. The minimum absolute atomic E-state index is 0.518. The number of nitrogens with two attached hydrogens (primary N) is 1. The van der Waals surface area contributed by atoms with Gasteiger partial charge in [0.2, 0.25) is 0 Å². The second-order valence-electron chi connectivity index (χ2n) is 3.65. The molecule has 2 N–H and O–H groups in total. The predicted octanol–water partition coefficient (Wildman–Crippen LogP) is 1.15. The fourth-order valence-corrected chi connectivity index (χ4v) is 1.87. The van der Waals surface area contributed by atoms with Crippen molar-refractivity contribution < 1.29 is 0 Å². The first-order valence-corrected chi connectivity index (χ1v) is 4.76. The molecule has 1 aliphatic rings. The quantitative estimate of drug-likeness (QED) is 0.530. The predicted molar refractivity (Wildman–Crippen MR) is 55.4 cm³/mol. The van der Waals surface area contributed by atoms with Gasteiger partial charge in [-0.3, -0.25) is 4.90 Å². The van der Waals surface area contributed by atoms with Crippen LogP contribution in [0.3, 0.4) is 0 Å². The summed E-state index contributed by atoms with van der Waals surface area (Å²) in [6, 6.07) is 8.21. The van der Waals surface area contributed by atoms with Gasteiger partial charge in [0.15, 0.2) is 0 Å². The van der Waals surface area contributed by atoms with Gasteiger partial charge in [0, 0.05) is 18.8 Å². The second-order valence-corrected chi connectivity index (χ2v) is 3.65. The largest absolute Gasteiger partial charge is 0.399 e. The zero-order valence-electron chi connectivity index (χ0n) is 8.03. The van der Waals surface area contributed by atoms with Crippen molar-refractivity contribution in [2.45, 2.75) is 13.0 Å². The molecular weight excluding hydrogens is 174 g/mol. The van der Waals surface area contributed by atoms with Crippen LogP contribution in [0.2, 0.25) is 0 Å². The number of nitrogen functional groups attached to an aromatic ring is 1. The summed E-state index contributed by atoms with van der Waals surface area (Å²) in [5.74, 6) is 0. The Morgan fingerprint density at radius 1 is 1.43 bits per heavy atom. The molecule has 0 spiro atoms. The molecule has 14 heavy (non-hydrogen) atoms. The van der Waals surface area contributed by atoms with E-state index in [2.05, 4.69) is 17.0 Å². The van der Waals surface area contributed by atoms with E-state index in [9.17, 15) is 0 Å². The number of nitriles is 1. The van der Waals surface area contributed by atoms with Crippen molar-refractivity contribution >= 4 is 5.69 Å².